The first kappa shape index (κ1) is 10.9. The second-order valence-electron chi connectivity index (χ2n) is 4.31. The van der Waals surface area contributed by atoms with Crippen LogP contribution in [0.5, 0.6) is 0 Å². The predicted octanol–water partition coefficient (Wildman–Crippen LogP) is 2.40. The Morgan fingerprint density at radius 2 is 2.00 bits per heavy atom. The van der Waals surface area contributed by atoms with Crippen LogP contribution in [0.25, 0.3) is 0 Å². The normalized spacial score (nSPS) is 28.4. The van der Waals surface area contributed by atoms with Crippen molar-refractivity contribution in [2.75, 3.05) is 0 Å². The highest BCUT2D eigenvalue weighted by Gasteiger charge is 2.47. The molecular formula is C13H15NO2. The van der Waals surface area contributed by atoms with Crippen LogP contribution >= 0.6 is 0 Å². The summed E-state index contributed by atoms with van der Waals surface area (Å²) in [6.07, 6.45) is -0.208. The Hall–Kier alpha value is -1.64. The van der Waals surface area contributed by atoms with Gasteiger partial charge in [-0.25, -0.2) is 0 Å². The molecule has 0 aromatic heterocycles. The Kier molecular flexibility index (Phi) is 2.54. The summed E-state index contributed by atoms with van der Waals surface area (Å²) in [5.74, 6) is 0.0834. The highest BCUT2D eigenvalue weighted by molar-refractivity contribution is 6.17. The molecule has 2 rings (SSSR count). The van der Waals surface area contributed by atoms with Crippen molar-refractivity contribution in [3.8, 4) is 0 Å². The maximum absolute atomic E-state index is 11.8. The molecule has 0 fully saturated rings. The summed E-state index contributed by atoms with van der Waals surface area (Å²) in [6.45, 7) is 5.35. The molecule has 3 nitrogen and oxygen atoms in total. The van der Waals surface area contributed by atoms with Crippen molar-refractivity contribution in [2.24, 2.45) is 10.6 Å². The molecule has 0 N–H and O–H groups in total. The molecule has 0 saturated carbocycles. The van der Waals surface area contributed by atoms with E-state index in [-0.39, 0.29) is 11.9 Å². The van der Waals surface area contributed by atoms with Gasteiger partial charge in [0.2, 0.25) is 0 Å². The van der Waals surface area contributed by atoms with Crippen LogP contribution in [0, 0.1) is 5.41 Å². The third kappa shape index (κ3) is 1.43. The standard InChI is InChI=1S/C13H15NO2/c1-9(15)13(3)10(2)16-14-12(13)11-7-5-4-6-8-11/h4-8,10H,1-3H3. The van der Waals surface area contributed by atoms with Crippen molar-refractivity contribution in [3.05, 3.63) is 35.9 Å². The van der Waals surface area contributed by atoms with Crippen molar-refractivity contribution in [1.82, 2.24) is 0 Å². The SMILES string of the molecule is CC(=O)C1(C)C(c2ccccc2)=NOC1C. The number of oxime groups is 1. The van der Waals surface area contributed by atoms with Gasteiger partial charge in [0.25, 0.3) is 0 Å². The molecule has 1 aromatic rings. The van der Waals surface area contributed by atoms with Crippen molar-refractivity contribution < 1.29 is 9.63 Å². The third-order valence-corrected chi connectivity index (χ3v) is 3.39. The van der Waals surface area contributed by atoms with E-state index in [1.54, 1.807) is 6.92 Å². The van der Waals surface area contributed by atoms with Gasteiger partial charge in [0.1, 0.15) is 23.0 Å². The van der Waals surface area contributed by atoms with Gasteiger partial charge in [-0.1, -0.05) is 35.5 Å². The van der Waals surface area contributed by atoms with E-state index >= 15 is 0 Å². The predicted molar refractivity (Wildman–Crippen MR) is 62.3 cm³/mol. The van der Waals surface area contributed by atoms with Crippen LogP contribution in [0.4, 0.5) is 0 Å². The molecule has 2 unspecified atom stereocenters. The molecule has 0 bridgehead atoms. The second-order valence-corrected chi connectivity index (χ2v) is 4.31. The Balaban J connectivity index is 2.47. The molecule has 1 aliphatic heterocycles. The molecule has 0 saturated heterocycles. The second kappa shape index (κ2) is 3.74. The van der Waals surface area contributed by atoms with Gasteiger partial charge >= 0.3 is 0 Å². The average Bonchev–Trinajstić information content (AvgIpc) is 2.58. The number of carbonyl (C=O) groups excluding carboxylic acids is 1. The minimum absolute atomic E-state index is 0.0834. The minimum atomic E-state index is -0.638. The van der Waals surface area contributed by atoms with Gasteiger partial charge in [-0.05, 0) is 20.8 Å². The molecular weight excluding hydrogens is 202 g/mol. The highest BCUT2D eigenvalue weighted by Crippen LogP contribution is 2.35. The van der Waals surface area contributed by atoms with Crippen molar-refractivity contribution >= 4 is 11.5 Å². The zero-order chi connectivity index (χ0) is 11.8. The lowest BCUT2D eigenvalue weighted by Crippen LogP contribution is -2.40. The number of hydrogen-bond donors (Lipinski definition) is 0. The van der Waals surface area contributed by atoms with Crippen LogP contribution in [0.3, 0.4) is 0 Å². The molecule has 84 valence electrons. The summed E-state index contributed by atoms with van der Waals surface area (Å²) in [4.78, 5) is 17.1. The number of hydrogen-bond acceptors (Lipinski definition) is 3. The maximum Gasteiger partial charge on any atom is 0.145 e. The van der Waals surface area contributed by atoms with E-state index in [2.05, 4.69) is 5.16 Å². The summed E-state index contributed by atoms with van der Waals surface area (Å²) >= 11 is 0. The van der Waals surface area contributed by atoms with Crippen molar-refractivity contribution in [2.45, 2.75) is 26.9 Å². The average molecular weight is 217 g/mol. The summed E-state index contributed by atoms with van der Waals surface area (Å²) in [6, 6.07) is 9.69. The zero-order valence-corrected chi connectivity index (χ0v) is 9.73. The van der Waals surface area contributed by atoms with Crippen LogP contribution in [0.15, 0.2) is 35.5 Å². The summed E-state index contributed by atoms with van der Waals surface area (Å²) in [7, 11) is 0. The van der Waals surface area contributed by atoms with E-state index in [0.717, 1.165) is 11.3 Å². The largest absolute Gasteiger partial charge is 0.391 e. The van der Waals surface area contributed by atoms with Gasteiger partial charge in [-0.3, -0.25) is 4.79 Å². The zero-order valence-electron chi connectivity index (χ0n) is 9.73. The van der Waals surface area contributed by atoms with Gasteiger partial charge in [-0.15, -0.1) is 0 Å². The molecule has 2 atom stereocenters. The van der Waals surface area contributed by atoms with E-state index in [0.29, 0.717) is 0 Å². The molecule has 0 aliphatic carbocycles. The molecule has 3 heteroatoms. The van der Waals surface area contributed by atoms with Crippen molar-refractivity contribution in [1.29, 1.82) is 0 Å². The van der Waals surface area contributed by atoms with Crippen LogP contribution in [-0.4, -0.2) is 17.6 Å². The van der Waals surface area contributed by atoms with Gasteiger partial charge < -0.3 is 4.84 Å². The first-order chi connectivity index (χ1) is 7.56. The maximum atomic E-state index is 11.8. The van der Waals surface area contributed by atoms with Gasteiger partial charge in [-0.2, -0.15) is 0 Å². The van der Waals surface area contributed by atoms with E-state index in [1.807, 2.05) is 44.2 Å². The molecule has 1 heterocycles. The Bertz CT molecular complexity index is 439. The highest BCUT2D eigenvalue weighted by atomic mass is 16.6. The lowest BCUT2D eigenvalue weighted by atomic mass is 9.75. The smallest absolute Gasteiger partial charge is 0.145 e. The summed E-state index contributed by atoms with van der Waals surface area (Å²) in [5, 5.41) is 4.06. The molecule has 0 spiro atoms. The Morgan fingerprint density at radius 3 is 2.56 bits per heavy atom. The number of benzene rings is 1. The number of nitrogens with zero attached hydrogens (tertiary/aromatic N) is 1. The topological polar surface area (TPSA) is 38.7 Å². The van der Waals surface area contributed by atoms with Crippen molar-refractivity contribution in [3.63, 3.8) is 0 Å². The third-order valence-electron chi connectivity index (χ3n) is 3.39. The summed E-state index contributed by atoms with van der Waals surface area (Å²) in [5.41, 5.74) is 1.04. The quantitative estimate of drug-likeness (QED) is 0.763. The number of Topliss-reactive ketones (excluding diaryl/α,β-unsaturated/α-hetero) is 1. The van der Waals surface area contributed by atoms with Crippen LogP contribution in [0.2, 0.25) is 0 Å². The monoisotopic (exact) mass is 217 g/mol. The van der Waals surface area contributed by atoms with E-state index < -0.39 is 5.41 Å². The van der Waals surface area contributed by atoms with E-state index in [1.165, 1.54) is 0 Å². The van der Waals surface area contributed by atoms with Gasteiger partial charge in [0.05, 0.1) is 0 Å². The first-order valence-corrected chi connectivity index (χ1v) is 5.37. The van der Waals surface area contributed by atoms with Gasteiger partial charge in [0.15, 0.2) is 0 Å². The Labute approximate surface area is 95.1 Å². The number of carbonyl (C=O) groups is 1. The number of rotatable bonds is 2. The first-order valence-electron chi connectivity index (χ1n) is 5.37. The fourth-order valence-corrected chi connectivity index (χ4v) is 1.93. The van der Waals surface area contributed by atoms with Crippen LogP contribution in [0.1, 0.15) is 26.3 Å². The fourth-order valence-electron chi connectivity index (χ4n) is 1.93. The fraction of sp³-hybridized carbons (Fsp3) is 0.385. The molecule has 1 aliphatic rings. The molecule has 0 amide bonds. The molecule has 0 radical (unpaired) electrons. The molecule has 16 heavy (non-hydrogen) atoms. The van der Waals surface area contributed by atoms with Crippen LogP contribution < -0.4 is 0 Å². The van der Waals surface area contributed by atoms with E-state index in [4.69, 9.17) is 4.84 Å². The summed E-state index contributed by atoms with van der Waals surface area (Å²) < 4.78 is 0. The number of ketones is 1. The Morgan fingerprint density at radius 1 is 1.38 bits per heavy atom. The van der Waals surface area contributed by atoms with Crippen LogP contribution in [-0.2, 0) is 9.63 Å². The minimum Gasteiger partial charge on any atom is -0.391 e. The lowest BCUT2D eigenvalue weighted by Gasteiger charge is -2.24. The molecule has 1 aromatic carbocycles. The van der Waals surface area contributed by atoms with E-state index in [9.17, 15) is 4.79 Å². The lowest BCUT2D eigenvalue weighted by molar-refractivity contribution is -0.126. The van der Waals surface area contributed by atoms with Gasteiger partial charge in [0, 0.05) is 5.56 Å².